The Balaban J connectivity index is 1.92. The summed E-state index contributed by atoms with van der Waals surface area (Å²) in [5, 5.41) is 2.68. The number of ether oxygens (including phenoxy) is 2. The number of amides is 1. The van der Waals surface area contributed by atoms with Crippen molar-refractivity contribution in [3.63, 3.8) is 0 Å². The van der Waals surface area contributed by atoms with Crippen LogP contribution in [0.2, 0.25) is 0 Å². The molecule has 3 rings (SSSR count). The Labute approximate surface area is 148 Å². The van der Waals surface area contributed by atoms with Crippen LogP contribution in [-0.2, 0) is 11.3 Å². The van der Waals surface area contributed by atoms with E-state index in [-0.39, 0.29) is 6.54 Å². The number of fused-ring (bicyclic) bond motifs is 1. The minimum absolute atomic E-state index is 0.307. The number of carbonyl (C=O) groups is 1. The SMILES string of the molecule is COc1ccc(NC(=O)Cn2c(=O)c(=O)[nH]c3ccccc32)c(OC)c1. The minimum atomic E-state index is -0.791. The van der Waals surface area contributed by atoms with E-state index in [9.17, 15) is 14.4 Å². The summed E-state index contributed by atoms with van der Waals surface area (Å²) in [6.45, 7) is -0.307. The molecular formula is C18H17N3O5. The van der Waals surface area contributed by atoms with Crippen molar-refractivity contribution in [3.05, 3.63) is 63.2 Å². The van der Waals surface area contributed by atoms with Crippen molar-refractivity contribution >= 4 is 22.6 Å². The van der Waals surface area contributed by atoms with Crippen molar-refractivity contribution in [3.8, 4) is 11.5 Å². The van der Waals surface area contributed by atoms with Gasteiger partial charge < -0.3 is 19.8 Å². The number of nitrogens with zero attached hydrogens (tertiary/aromatic N) is 1. The zero-order chi connectivity index (χ0) is 18.7. The molecule has 0 fully saturated rings. The molecular weight excluding hydrogens is 338 g/mol. The van der Waals surface area contributed by atoms with Crippen molar-refractivity contribution in [1.29, 1.82) is 0 Å². The molecule has 0 aliphatic rings. The number of carbonyl (C=O) groups excluding carboxylic acids is 1. The molecule has 2 N–H and O–H groups in total. The minimum Gasteiger partial charge on any atom is -0.497 e. The molecule has 0 aliphatic heterocycles. The summed E-state index contributed by atoms with van der Waals surface area (Å²) in [4.78, 5) is 38.9. The zero-order valence-corrected chi connectivity index (χ0v) is 14.2. The van der Waals surface area contributed by atoms with Gasteiger partial charge >= 0.3 is 11.1 Å². The largest absolute Gasteiger partial charge is 0.497 e. The summed E-state index contributed by atoms with van der Waals surface area (Å²) in [6.07, 6.45) is 0. The van der Waals surface area contributed by atoms with E-state index in [1.54, 1.807) is 42.5 Å². The number of aromatic nitrogens is 2. The molecule has 3 aromatic rings. The first-order valence-corrected chi connectivity index (χ1v) is 7.77. The standard InChI is InChI=1S/C18H17N3O5/c1-25-11-7-8-13(15(9-11)26-2)19-16(22)10-21-14-6-4-3-5-12(14)20-17(23)18(21)24/h3-9H,10H2,1-2H3,(H,19,22)(H,20,23). The summed E-state index contributed by atoms with van der Waals surface area (Å²) in [5.74, 6) is 0.531. The molecule has 134 valence electrons. The van der Waals surface area contributed by atoms with E-state index in [4.69, 9.17) is 9.47 Å². The Bertz CT molecular complexity index is 1080. The number of para-hydroxylation sites is 2. The van der Waals surface area contributed by atoms with E-state index in [0.29, 0.717) is 28.2 Å². The first kappa shape index (κ1) is 17.3. The maximum Gasteiger partial charge on any atom is 0.317 e. The van der Waals surface area contributed by atoms with Crippen molar-refractivity contribution < 1.29 is 14.3 Å². The average molecular weight is 355 g/mol. The number of anilines is 1. The Hall–Kier alpha value is -3.55. The predicted molar refractivity (Wildman–Crippen MR) is 97.0 cm³/mol. The molecule has 0 saturated carbocycles. The molecule has 1 aromatic heterocycles. The van der Waals surface area contributed by atoms with Crippen LogP contribution in [-0.4, -0.2) is 29.7 Å². The summed E-state index contributed by atoms with van der Waals surface area (Å²) in [5.41, 5.74) is -0.194. The van der Waals surface area contributed by atoms with E-state index in [0.717, 1.165) is 4.57 Å². The smallest absolute Gasteiger partial charge is 0.317 e. The second kappa shape index (κ2) is 7.14. The third-order valence-electron chi connectivity index (χ3n) is 3.87. The van der Waals surface area contributed by atoms with Gasteiger partial charge in [0.1, 0.15) is 18.0 Å². The lowest BCUT2D eigenvalue weighted by Gasteiger charge is -2.13. The number of hydrogen-bond acceptors (Lipinski definition) is 5. The van der Waals surface area contributed by atoms with Crippen LogP contribution in [0, 0.1) is 0 Å². The third-order valence-corrected chi connectivity index (χ3v) is 3.87. The molecule has 0 aliphatic carbocycles. The third kappa shape index (κ3) is 3.30. The lowest BCUT2D eigenvalue weighted by Crippen LogP contribution is -2.38. The fourth-order valence-corrected chi connectivity index (χ4v) is 2.61. The quantitative estimate of drug-likeness (QED) is 0.673. The molecule has 26 heavy (non-hydrogen) atoms. The number of aromatic amines is 1. The van der Waals surface area contributed by atoms with Crippen LogP contribution < -0.4 is 25.9 Å². The van der Waals surface area contributed by atoms with Crippen LogP contribution in [0.3, 0.4) is 0 Å². The number of hydrogen-bond donors (Lipinski definition) is 2. The highest BCUT2D eigenvalue weighted by Crippen LogP contribution is 2.28. The van der Waals surface area contributed by atoms with Gasteiger partial charge in [0.15, 0.2) is 0 Å². The number of H-pyrrole nitrogens is 1. The highest BCUT2D eigenvalue weighted by Gasteiger charge is 2.13. The first-order valence-electron chi connectivity index (χ1n) is 7.77. The maximum atomic E-state index is 12.4. The normalized spacial score (nSPS) is 10.5. The Kier molecular flexibility index (Phi) is 4.74. The van der Waals surface area contributed by atoms with Gasteiger partial charge in [-0.15, -0.1) is 0 Å². The van der Waals surface area contributed by atoms with Gasteiger partial charge in [-0.1, -0.05) is 12.1 Å². The van der Waals surface area contributed by atoms with E-state index >= 15 is 0 Å². The predicted octanol–water partition coefficient (Wildman–Crippen LogP) is 1.35. The zero-order valence-electron chi connectivity index (χ0n) is 14.2. The van der Waals surface area contributed by atoms with E-state index in [1.165, 1.54) is 14.2 Å². The highest BCUT2D eigenvalue weighted by atomic mass is 16.5. The second-order valence-electron chi connectivity index (χ2n) is 5.48. The lowest BCUT2D eigenvalue weighted by molar-refractivity contribution is -0.116. The topological polar surface area (TPSA) is 102 Å². The molecule has 2 aromatic carbocycles. The van der Waals surface area contributed by atoms with Gasteiger partial charge in [0.25, 0.3) is 0 Å². The van der Waals surface area contributed by atoms with Crippen LogP contribution in [0.5, 0.6) is 11.5 Å². The Morgan fingerprint density at radius 1 is 1.12 bits per heavy atom. The number of benzene rings is 2. The first-order chi connectivity index (χ1) is 12.5. The molecule has 8 nitrogen and oxygen atoms in total. The summed E-state index contributed by atoms with van der Waals surface area (Å²) in [6, 6.07) is 11.7. The van der Waals surface area contributed by atoms with Gasteiger partial charge in [0, 0.05) is 6.07 Å². The molecule has 0 spiro atoms. The van der Waals surface area contributed by atoms with Gasteiger partial charge in [-0.05, 0) is 24.3 Å². The summed E-state index contributed by atoms with van der Waals surface area (Å²) >= 11 is 0. The lowest BCUT2D eigenvalue weighted by atomic mass is 10.2. The van der Waals surface area contributed by atoms with Gasteiger partial charge in [0.2, 0.25) is 5.91 Å². The number of nitrogens with one attached hydrogen (secondary N) is 2. The Morgan fingerprint density at radius 2 is 1.88 bits per heavy atom. The van der Waals surface area contributed by atoms with Crippen LogP contribution in [0.1, 0.15) is 0 Å². The number of methoxy groups -OCH3 is 2. The van der Waals surface area contributed by atoms with Crippen LogP contribution in [0.15, 0.2) is 52.1 Å². The molecule has 0 radical (unpaired) electrons. The molecule has 1 amide bonds. The molecule has 8 heteroatoms. The van der Waals surface area contributed by atoms with Gasteiger partial charge in [-0.3, -0.25) is 19.0 Å². The molecule has 0 bridgehead atoms. The maximum absolute atomic E-state index is 12.4. The second-order valence-corrected chi connectivity index (χ2v) is 5.48. The highest BCUT2D eigenvalue weighted by molar-refractivity contribution is 5.93. The summed E-state index contributed by atoms with van der Waals surface area (Å²) in [7, 11) is 3.00. The van der Waals surface area contributed by atoms with Crippen molar-refractivity contribution in [2.75, 3.05) is 19.5 Å². The monoisotopic (exact) mass is 355 g/mol. The van der Waals surface area contributed by atoms with Crippen LogP contribution in [0.4, 0.5) is 5.69 Å². The van der Waals surface area contributed by atoms with Crippen molar-refractivity contribution in [2.24, 2.45) is 0 Å². The van der Waals surface area contributed by atoms with Gasteiger partial charge in [0.05, 0.1) is 30.9 Å². The van der Waals surface area contributed by atoms with Crippen LogP contribution in [0.25, 0.3) is 11.0 Å². The molecule has 0 unspecified atom stereocenters. The van der Waals surface area contributed by atoms with Gasteiger partial charge in [-0.25, -0.2) is 0 Å². The van der Waals surface area contributed by atoms with Crippen molar-refractivity contribution in [1.82, 2.24) is 9.55 Å². The Morgan fingerprint density at radius 3 is 2.62 bits per heavy atom. The fraction of sp³-hybridized carbons (Fsp3) is 0.167. The van der Waals surface area contributed by atoms with Gasteiger partial charge in [-0.2, -0.15) is 0 Å². The molecule has 1 heterocycles. The van der Waals surface area contributed by atoms with Crippen molar-refractivity contribution in [2.45, 2.75) is 6.54 Å². The summed E-state index contributed by atoms with van der Waals surface area (Å²) < 4.78 is 11.5. The van der Waals surface area contributed by atoms with E-state index in [2.05, 4.69) is 10.3 Å². The number of rotatable bonds is 5. The van der Waals surface area contributed by atoms with Crippen LogP contribution >= 0.6 is 0 Å². The van der Waals surface area contributed by atoms with E-state index < -0.39 is 17.0 Å². The molecule has 0 atom stereocenters. The van der Waals surface area contributed by atoms with E-state index in [1.807, 2.05) is 0 Å². The fourth-order valence-electron chi connectivity index (χ4n) is 2.61. The average Bonchev–Trinajstić information content (AvgIpc) is 2.65. The molecule has 0 saturated heterocycles.